The molecule has 0 spiro atoms. The molecule has 9 heteroatoms. The van der Waals surface area contributed by atoms with Gasteiger partial charge in [0.05, 0.1) is 12.4 Å². The largest absolute Gasteiger partial charge is 0.494 e. The first-order chi connectivity index (χ1) is 14.5. The van der Waals surface area contributed by atoms with Gasteiger partial charge in [-0.15, -0.1) is 0 Å². The fourth-order valence-corrected chi connectivity index (χ4v) is 3.11. The molecule has 0 radical (unpaired) electrons. The standard InChI is InChI=1S/C21H20N4O4S/c1-2-29-17-9-7-16(8-10-17)24-20(28)14-3-5-15(6-4-14)23-19(27)13-30-21-22-12-11-18(26)25-21/h3-12H,2,13H2,1H3,(H,23,27)(H,24,28)(H,22,25,26). The Kier molecular flexibility index (Phi) is 7.23. The Morgan fingerprint density at radius 3 is 2.33 bits per heavy atom. The summed E-state index contributed by atoms with van der Waals surface area (Å²) in [5.74, 6) is 0.320. The summed E-state index contributed by atoms with van der Waals surface area (Å²) in [6, 6.07) is 15.0. The van der Waals surface area contributed by atoms with Gasteiger partial charge < -0.3 is 20.4 Å². The van der Waals surface area contributed by atoms with E-state index in [4.69, 9.17) is 4.74 Å². The highest BCUT2D eigenvalue weighted by atomic mass is 32.2. The highest BCUT2D eigenvalue weighted by Crippen LogP contribution is 2.17. The average molecular weight is 424 g/mol. The van der Waals surface area contributed by atoms with Gasteiger partial charge in [-0.1, -0.05) is 11.8 Å². The highest BCUT2D eigenvalue weighted by molar-refractivity contribution is 7.99. The number of thioether (sulfide) groups is 1. The molecule has 2 aromatic carbocycles. The molecule has 3 N–H and O–H groups in total. The molecule has 3 aromatic rings. The summed E-state index contributed by atoms with van der Waals surface area (Å²) < 4.78 is 5.38. The van der Waals surface area contributed by atoms with E-state index in [0.29, 0.717) is 28.7 Å². The van der Waals surface area contributed by atoms with Crippen LogP contribution in [0.25, 0.3) is 0 Å². The summed E-state index contributed by atoms with van der Waals surface area (Å²) in [4.78, 5) is 42.2. The summed E-state index contributed by atoms with van der Waals surface area (Å²) in [6.07, 6.45) is 1.39. The third kappa shape index (κ3) is 6.21. The van der Waals surface area contributed by atoms with Crippen molar-refractivity contribution >= 4 is 35.0 Å². The van der Waals surface area contributed by atoms with Crippen LogP contribution in [0.1, 0.15) is 17.3 Å². The second-order valence-electron chi connectivity index (χ2n) is 6.06. The van der Waals surface area contributed by atoms with Gasteiger partial charge in [0.1, 0.15) is 5.75 Å². The molecule has 0 aliphatic carbocycles. The van der Waals surface area contributed by atoms with Gasteiger partial charge in [-0.2, -0.15) is 0 Å². The van der Waals surface area contributed by atoms with Crippen molar-refractivity contribution in [2.45, 2.75) is 12.1 Å². The Balaban J connectivity index is 1.51. The lowest BCUT2D eigenvalue weighted by Crippen LogP contribution is -2.15. The van der Waals surface area contributed by atoms with Crippen LogP contribution < -0.4 is 20.9 Å². The van der Waals surface area contributed by atoms with Gasteiger partial charge in [-0.05, 0) is 55.5 Å². The number of H-pyrrole nitrogens is 1. The van der Waals surface area contributed by atoms with E-state index in [0.717, 1.165) is 17.5 Å². The average Bonchev–Trinajstić information content (AvgIpc) is 2.74. The fraction of sp³-hybridized carbons (Fsp3) is 0.143. The fourth-order valence-electron chi connectivity index (χ4n) is 2.47. The lowest BCUT2D eigenvalue weighted by atomic mass is 10.2. The number of aromatic amines is 1. The molecule has 8 nitrogen and oxygen atoms in total. The zero-order valence-electron chi connectivity index (χ0n) is 16.2. The monoisotopic (exact) mass is 424 g/mol. The number of carbonyl (C=O) groups excluding carboxylic acids is 2. The predicted octanol–water partition coefficient (Wildman–Crippen LogP) is 3.15. The van der Waals surface area contributed by atoms with Gasteiger partial charge in [0.25, 0.3) is 11.5 Å². The van der Waals surface area contributed by atoms with E-state index >= 15 is 0 Å². The number of rotatable bonds is 8. The third-order valence-electron chi connectivity index (χ3n) is 3.84. The number of aromatic nitrogens is 2. The predicted molar refractivity (Wildman–Crippen MR) is 116 cm³/mol. The number of benzene rings is 2. The number of anilines is 2. The molecule has 1 heterocycles. The Morgan fingerprint density at radius 1 is 1.00 bits per heavy atom. The first-order valence-electron chi connectivity index (χ1n) is 9.16. The second kappa shape index (κ2) is 10.3. The van der Waals surface area contributed by atoms with E-state index in [1.165, 1.54) is 12.3 Å². The molecule has 2 amide bonds. The smallest absolute Gasteiger partial charge is 0.255 e. The van der Waals surface area contributed by atoms with Crippen molar-refractivity contribution in [3.63, 3.8) is 0 Å². The van der Waals surface area contributed by atoms with Crippen LogP contribution in [-0.4, -0.2) is 34.1 Å². The molecular formula is C21H20N4O4S. The zero-order valence-corrected chi connectivity index (χ0v) is 17.0. The summed E-state index contributed by atoms with van der Waals surface area (Å²) in [5, 5.41) is 5.92. The van der Waals surface area contributed by atoms with Crippen molar-refractivity contribution < 1.29 is 14.3 Å². The van der Waals surface area contributed by atoms with Gasteiger partial charge in [0.2, 0.25) is 5.91 Å². The minimum atomic E-state index is -0.271. The van der Waals surface area contributed by atoms with Gasteiger partial charge in [0, 0.05) is 29.2 Å². The normalized spacial score (nSPS) is 10.3. The third-order valence-corrected chi connectivity index (χ3v) is 4.73. The lowest BCUT2D eigenvalue weighted by molar-refractivity contribution is -0.113. The number of hydrogen-bond acceptors (Lipinski definition) is 6. The molecule has 0 aliphatic heterocycles. The van der Waals surface area contributed by atoms with Gasteiger partial charge in [0.15, 0.2) is 5.16 Å². The topological polar surface area (TPSA) is 113 Å². The molecule has 0 saturated carbocycles. The summed E-state index contributed by atoms with van der Waals surface area (Å²) in [5.41, 5.74) is 1.41. The molecule has 1 aromatic heterocycles. The maximum absolute atomic E-state index is 12.4. The maximum Gasteiger partial charge on any atom is 0.255 e. The highest BCUT2D eigenvalue weighted by Gasteiger charge is 2.08. The molecule has 3 rings (SSSR count). The SMILES string of the molecule is CCOc1ccc(NC(=O)c2ccc(NC(=O)CSc3nccc(=O)[nH]3)cc2)cc1. The van der Waals surface area contributed by atoms with Crippen LogP contribution in [0.5, 0.6) is 5.75 Å². The number of amides is 2. The molecule has 0 atom stereocenters. The van der Waals surface area contributed by atoms with E-state index in [-0.39, 0.29) is 23.1 Å². The van der Waals surface area contributed by atoms with Crippen molar-refractivity contribution in [1.29, 1.82) is 0 Å². The van der Waals surface area contributed by atoms with E-state index in [1.807, 2.05) is 6.92 Å². The first kappa shape index (κ1) is 21.1. The molecule has 0 unspecified atom stereocenters. The van der Waals surface area contributed by atoms with Crippen molar-refractivity contribution in [3.8, 4) is 5.75 Å². The molecule has 0 bridgehead atoms. The van der Waals surface area contributed by atoms with E-state index in [1.54, 1.807) is 48.5 Å². The zero-order chi connectivity index (χ0) is 21.3. The van der Waals surface area contributed by atoms with Crippen molar-refractivity contribution in [1.82, 2.24) is 9.97 Å². The van der Waals surface area contributed by atoms with Crippen molar-refractivity contribution in [2.75, 3.05) is 23.0 Å². The number of nitrogens with one attached hydrogen (secondary N) is 3. The van der Waals surface area contributed by atoms with Crippen LogP contribution in [0.3, 0.4) is 0 Å². The van der Waals surface area contributed by atoms with Crippen LogP contribution >= 0.6 is 11.8 Å². The van der Waals surface area contributed by atoms with E-state index in [9.17, 15) is 14.4 Å². The first-order valence-corrected chi connectivity index (χ1v) is 10.1. The molecule has 30 heavy (non-hydrogen) atoms. The van der Waals surface area contributed by atoms with Crippen molar-refractivity contribution in [2.24, 2.45) is 0 Å². The lowest BCUT2D eigenvalue weighted by Gasteiger charge is -2.08. The number of nitrogens with zero attached hydrogens (tertiary/aromatic N) is 1. The Morgan fingerprint density at radius 2 is 1.67 bits per heavy atom. The van der Waals surface area contributed by atoms with Gasteiger partial charge in [-0.3, -0.25) is 14.4 Å². The molecule has 0 saturated heterocycles. The van der Waals surface area contributed by atoms with Crippen LogP contribution in [-0.2, 0) is 4.79 Å². The minimum absolute atomic E-state index is 0.0902. The number of carbonyl (C=O) groups is 2. The molecule has 0 fully saturated rings. The summed E-state index contributed by atoms with van der Waals surface area (Å²) >= 11 is 1.12. The van der Waals surface area contributed by atoms with E-state index < -0.39 is 0 Å². The quantitative estimate of drug-likeness (QED) is 0.378. The number of ether oxygens (including phenoxy) is 1. The van der Waals surface area contributed by atoms with Crippen molar-refractivity contribution in [3.05, 3.63) is 76.7 Å². The molecule has 0 aliphatic rings. The van der Waals surface area contributed by atoms with Crippen LogP contribution in [0.4, 0.5) is 11.4 Å². The van der Waals surface area contributed by atoms with E-state index in [2.05, 4.69) is 20.6 Å². The van der Waals surface area contributed by atoms with Crippen LogP contribution in [0, 0.1) is 0 Å². The van der Waals surface area contributed by atoms with Gasteiger partial charge >= 0.3 is 0 Å². The molecular weight excluding hydrogens is 404 g/mol. The van der Waals surface area contributed by atoms with Crippen LogP contribution in [0.2, 0.25) is 0 Å². The second-order valence-corrected chi connectivity index (χ2v) is 7.03. The summed E-state index contributed by atoms with van der Waals surface area (Å²) in [7, 11) is 0. The van der Waals surface area contributed by atoms with Gasteiger partial charge in [-0.25, -0.2) is 4.98 Å². The Labute approximate surface area is 177 Å². The number of hydrogen-bond donors (Lipinski definition) is 3. The molecule has 154 valence electrons. The van der Waals surface area contributed by atoms with Crippen LogP contribution in [0.15, 0.2) is 70.7 Å². The Hall–Kier alpha value is -3.59. The Bertz CT molecular complexity index is 1070. The summed E-state index contributed by atoms with van der Waals surface area (Å²) in [6.45, 7) is 2.49. The minimum Gasteiger partial charge on any atom is -0.494 e. The maximum atomic E-state index is 12.4.